The maximum atomic E-state index is 14.5. The molecule has 0 aromatic heterocycles. The highest BCUT2D eigenvalue weighted by atomic mass is 19.3. The van der Waals surface area contributed by atoms with E-state index in [0.29, 0.717) is 16.5 Å². The molecule has 0 aliphatic rings. The zero-order chi connectivity index (χ0) is 20.1. The molecular weight excluding hydrogens is 365 g/mol. The van der Waals surface area contributed by atoms with Gasteiger partial charge >= 0.3 is 6.11 Å². The molecule has 0 spiro atoms. The Labute approximate surface area is 161 Å². The lowest BCUT2D eigenvalue weighted by Crippen LogP contribution is -2.22. The van der Waals surface area contributed by atoms with Gasteiger partial charge in [-0.3, -0.25) is 0 Å². The van der Waals surface area contributed by atoms with Crippen molar-refractivity contribution < 1.29 is 22.6 Å². The standard InChI is InChI=1S/C23H19F3O2/c1-3-5-16-6-7-17-15-22(21(24)14-18(17)13-16)28-23(25,26)19-8-10-20(11-9-19)27-12-4-2/h3-11,13-15H,2,12H2,1H3/b5-3+. The van der Waals surface area contributed by atoms with Gasteiger partial charge in [-0.05, 0) is 65.7 Å². The molecule has 3 rings (SSSR count). The Kier molecular flexibility index (Phi) is 5.73. The minimum atomic E-state index is -3.70. The van der Waals surface area contributed by atoms with Gasteiger partial charge in [-0.25, -0.2) is 4.39 Å². The maximum absolute atomic E-state index is 14.5. The number of alkyl halides is 2. The van der Waals surface area contributed by atoms with E-state index in [-0.39, 0.29) is 6.61 Å². The van der Waals surface area contributed by atoms with E-state index >= 15 is 0 Å². The van der Waals surface area contributed by atoms with Gasteiger partial charge in [-0.1, -0.05) is 36.9 Å². The molecule has 2 nitrogen and oxygen atoms in total. The van der Waals surface area contributed by atoms with Crippen LogP contribution in [0.15, 0.2) is 73.3 Å². The molecule has 0 bridgehead atoms. The van der Waals surface area contributed by atoms with Crippen LogP contribution in [0.2, 0.25) is 0 Å². The molecule has 0 unspecified atom stereocenters. The van der Waals surface area contributed by atoms with E-state index in [1.807, 2.05) is 25.1 Å². The third kappa shape index (κ3) is 4.36. The molecule has 5 heteroatoms. The first kappa shape index (κ1) is 19.5. The van der Waals surface area contributed by atoms with Crippen LogP contribution in [0.1, 0.15) is 18.1 Å². The summed E-state index contributed by atoms with van der Waals surface area (Å²) in [5.41, 5.74) is 0.494. The van der Waals surface area contributed by atoms with Crippen LogP contribution in [0.25, 0.3) is 16.8 Å². The second-order valence-electron chi connectivity index (χ2n) is 6.13. The van der Waals surface area contributed by atoms with Crippen LogP contribution in [-0.4, -0.2) is 6.61 Å². The Hall–Kier alpha value is -3.21. The topological polar surface area (TPSA) is 18.5 Å². The third-order valence-electron chi connectivity index (χ3n) is 4.07. The van der Waals surface area contributed by atoms with Crippen LogP contribution >= 0.6 is 0 Å². The van der Waals surface area contributed by atoms with Gasteiger partial charge in [0.25, 0.3) is 0 Å². The summed E-state index contributed by atoms with van der Waals surface area (Å²) in [5, 5.41) is 1.21. The smallest absolute Gasteiger partial charge is 0.426 e. The van der Waals surface area contributed by atoms with Gasteiger partial charge in [0.05, 0.1) is 5.56 Å². The Balaban J connectivity index is 1.86. The summed E-state index contributed by atoms with van der Waals surface area (Å²) in [4.78, 5) is 0. The lowest BCUT2D eigenvalue weighted by molar-refractivity contribution is -0.186. The SMILES string of the molecule is C=CCOc1ccc(C(F)(F)Oc2cc3ccc(/C=C/C)cc3cc2F)cc1. The Morgan fingerprint density at radius 2 is 1.75 bits per heavy atom. The summed E-state index contributed by atoms with van der Waals surface area (Å²) in [6, 6.07) is 13.0. The lowest BCUT2D eigenvalue weighted by Gasteiger charge is -2.19. The highest BCUT2D eigenvalue weighted by Gasteiger charge is 2.35. The van der Waals surface area contributed by atoms with Gasteiger partial charge in [0.1, 0.15) is 12.4 Å². The third-order valence-corrected chi connectivity index (χ3v) is 4.07. The molecule has 144 valence electrons. The van der Waals surface area contributed by atoms with Crippen LogP contribution in [-0.2, 0) is 6.11 Å². The van der Waals surface area contributed by atoms with Crippen LogP contribution in [0.4, 0.5) is 13.2 Å². The molecule has 3 aromatic carbocycles. The summed E-state index contributed by atoms with van der Waals surface area (Å²) in [6.07, 6.45) is 1.59. The number of halogens is 3. The summed E-state index contributed by atoms with van der Waals surface area (Å²) < 4.78 is 53.4. The molecule has 0 saturated carbocycles. The maximum Gasteiger partial charge on any atom is 0.426 e. The van der Waals surface area contributed by atoms with Crippen molar-refractivity contribution in [3.05, 3.63) is 90.3 Å². The van der Waals surface area contributed by atoms with Gasteiger partial charge < -0.3 is 9.47 Å². The predicted octanol–water partition coefficient (Wildman–Crippen LogP) is 6.71. The van der Waals surface area contributed by atoms with E-state index in [0.717, 1.165) is 5.56 Å². The van der Waals surface area contributed by atoms with E-state index in [4.69, 9.17) is 9.47 Å². The van der Waals surface area contributed by atoms with Gasteiger partial charge in [0.15, 0.2) is 11.6 Å². The van der Waals surface area contributed by atoms with E-state index in [1.165, 1.54) is 36.4 Å². The average Bonchev–Trinajstić information content (AvgIpc) is 2.67. The number of rotatable bonds is 7. The number of allylic oxidation sites excluding steroid dienone is 1. The van der Waals surface area contributed by atoms with Crippen molar-refractivity contribution in [2.24, 2.45) is 0 Å². The first-order valence-electron chi connectivity index (χ1n) is 8.70. The summed E-state index contributed by atoms with van der Waals surface area (Å²) >= 11 is 0. The van der Waals surface area contributed by atoms with Crippen LogP contribution < -0.4 is 9.47 Å². The fraction of sp³-hybridized carbons (Fsp3) is 0.130. The molecule has 0 atom stereocenters. The summed E-state index contributed by atoms with van der Waals surface area (Å²) in [6.45, 7) is 5.66. The number of ether oxygens (including phenoxy) is 2. The molecule has 0 radical (unpaired) electrons. The molecule has 0 N–H and O–H groups in total. The van der Waals surface area contributed by atoms with Crippen molar-refractivity contribution in [1.29, 1.82) is 0 Å². The van der Waals surface area contributed by atoms with Crippen molar-refractivity contribution in [2.45, 2.75) is 13.0 Å². The van der Waals surface area contributed by atoms with Crippen molar-refractivity contribution >= 4 is 16.8 Å². The van der Waals surface area contributed by atoms with E-state index in [9.17, 15) is 13.2 Å². The number of hydrogen-bond donors (Lipinski definition) is 0. The Morgan fingerprint density at radius 3 is 2.43 bits per heavy atom. The van der Waals surface area contributed by atoms with Crippen molar-refractivity contribution in [1.82, 2.24) is 0 Å². The first-order valence-corrected chi connectivity index (χ1v) is 8.70. The molecule has 0 aliphatic heterocycles. The summed E-state index contributed by atoms with van der Waals surface area (Å²) in [7, 11) is 0. The van der Waals surface area contributed by atoms with E-state index < -0.39 is 23.2 Å². The second kappa shape index (κ2) is 8.21. The molecule has 0 fully saturated rings. The predicted molar refractivity (Wildman–Crippen MR) is 105 cm³/mol. The number of benzene rings is 3. The van der Waals surface area contributed by atoms with Crippen molar-refractivity contribution in [3.8, 4) is 11.5 Å². The van der Waals surface area contributed by atoms with Gasteiger partial charge in [0.2, 0.25) is 0 Å². The first-order chi connectivity index (χ1) is 13.4. The monoisotopic (exact) mass is 384 g/mol. The van der Waals surface area contributed by atoms with Crippen molar-refractivity contribution in [3.63, 3.8) is 0 Å². The number of hydrogen-bond acceptors (Lipinski definition) is 2. The largest absolute Gasteiger partial charge is 0.490 e. The van der Waals surface area contributed by atoms with E-state index in [2.05, 4.69) is 6.58 Å². The minimum Gasteiger partial charge on any atom is -0.490 e. The molecule has 28 heavy (non-hydrogen) atoms. The molecule has 0 heterocycles. The Bertz CT molecular complexity index is 1010. The molecular formula is C23H19F3O2. The highest BCUT2D eigenvalue weighted by molar-refractivity contribution is 5.86. The van der Waals surface area contributed by atoms with E-state index in [1.54, 1.807) is 18.2 Å². The fourth-order valence-corrected chi connectivity index (χ4v) is 2.74. The normalized spacial score (nSPS) is 11.7. The average molecular weight is 384 g/mol. The molecule has 0 amide bonds. The van der Waals surface area contributed by atoms with Crippen molar-refractivity contribution in [2.75, 3.05) is 6.61 Å². The molecule has 0 aliphatic carbocycles. The van der Waals surface area contributed by atoms with Gasteiger partial charge in [0, 0.05) is 0 Å². The molecule has 3 aromatic rings. The fourth-order valence-electron chi connectivity index (χ4n) is 2.74. The molecule has 0 saturated heterocycles. The minimum absolute atomic E-state index is 0.268. The highest BCUT2D eigenvalue weighted by Crippen LogP contribution is 2.35. The second-order valence-corrected chi connectivity index (χ2v) is 6.13. The summed E-state index contributed by atoms with van der Waals surface area (Å²) in [5.74, 6) is -0.938. The Morgan fingerprint density at radius 1 is 1.00 bits per heavy atom. The lowest BCUT2D eigenvalue weighted by atomic mass is 10.1. The number of fused-ring (bicyclic) bond motifs is 1. The van der Waals surface area contributed by atoms with Crippen LogP contribution in [0.3, 0.4) is 0 Å². The van der Waals surface area contributed by atoms with Gasteiger partial charge in [-0.15, -0.1) is 0 Å². The van der Waals surface area contributed by atoms with Gasteiger partial charge in [-0.2, -0.15) is 8.78 Å². The zero-order valence-electron chi connectivity index (χ0n) is 15.3. The quantitative estimate of drug-likeness (QED) is 0.422. The zero-order valence-corrected chi connectivity index (χ0v) is 15.3. The van der Waals surface area contributed by atoms with Crippen LogP contribution in [0, 0.1) is 5.82 Å². The van der Waals surface area contributed by atoms with Crippen LogP contribution in [0.5, 0.6) is 11.5 Å².